The summed E-state index contributed by atoms with van der Waals surface area (Å²) < 4.78 is 29.9. The molecule has 2 fully saturated rings. The van der Waals surface area contributed by atoms with Crippen LogP contribution in [0.5, 0.6) is 0 Å². The molecular weight excluding hydrogens is 306 g/mol. The van der Waals surface area contributed by atoms with Crippen molar-refractivity contribution < 1.29 is 17.9 Å². The summed E-state index contributed by atoms with van der Waals surface area (Å²) in [6.45, 7) is 5.67. The summed E-state index contributed by atoms with van der Waals surface area (Å²) in [5.41, 5.74) is 0. The van der Waals surface area contributed by atoms with Crippen molar-refractivity contribution in [3.8, 4) is 0 Å². The van der Waals surface area contributed by atoms with E-state index in [1.807, 2.05) is 0 Å². The van der Waals surface area contributed by atoms with Crippen LogP contribution in [0.3, 0.4) is 0 Å². The molecule has 2 aliphatic rings. The highest BCUT2D eigenvalue weighted by atomic mass is 32.2. The number of hydrogen-bond donors (Lipinski definition) is 1. The van der Waals surface area contributed by atoms with Gasteiger partial charge < -0.3 is 10.1 Å². The first-order chi connectivity index (χ1) is 10.5. The van der Waals surface area contributed by atoms with Gasteiger partial charge in [-0.3, -0.25) is 9.69 Å². The molecular formula is C14H27N3O4S. The molecule has 0 saturated carbocycles. The van der Waals surface area contributed by atoms with E-state index in [1.54, 1.807) is 0 Å². The minimum absolute atomic E-state index is 0.158. The van der Waals surface area contributed by atoms with E-state index in [0.29, 0.717) is 19.5 Å². The largest absolute Gasteiger partial charge is 0.379 e. The van der Waals surface area contributed by atoms with Crippen molar-refractivity contribution in [3.63, 3.8) is 0 Å². The van der Waals surface area contributed by atoms with Crippen LogP contribution in [-0.2, 0) is 19.6 Å². The minimum atomic E-state index is -3.29. The molecule has 0 aliphatic carbocycles. The molecule has 0 unspecified atom stereocenters. The van der Waals surface area contributed by atoms with E-state index in [4.69, 9.17) is 4.74 Å². The molecule has 0 bridgehead atoms. The molecule has 1 amide bonds. The zero-order valence-electron chi connectivity index (χ0n) is 13.3. The summed E-state index contributed by atoms with van der Waals surface area (Å²) in [6.07, 6.45) is 4.48. The highest BCUT2D eigenvalue weighted by molar-refractivity contribution is 7.88. The number of rotatable bonds is 7. The van der Waals surface area contributed by atoms with E-state index in [-0.39, 0.29) is 5.91 Å². The smallest absolute Gasteiger partial charge is 0.238 e. The monoisotopic (exact) mass is 333 g/mol. The molecule has 2 saturated heterocycles. The topological polar surface area (TPSA) is 79.0 Å². The van der Waals surface area contributed by atoms with Crippen LogP contribution < -0.4 is 5.32 Å². The second kappa shape index (κ2) is 8.24. The van der Waals surface area contributed by atoms with Gasteiger partial charge in [-0.25, -0.2) is 8.42 Å². The van der Waals surface area contributed by atoms with Crippen LogP contribution in [0.1, 0.15) is 25.7 Å². The first-order valence-electron chi connectivity index (χ1n) is 8.03. The standard InChI is InChI=1S/C14H27N3O4S/c1-22(19,20)17-8-4-5-13(17)14(18)15-6-2-3-7-16-9-11-21-12-10-16/h13H,2-12H2,1H3,(H,15,18)/t13-/m1/s1. The van der Waals surface area contributed by atoms with Gasteiger partial charge in [0.25, 0.3) is 0 Å². The molecule has 0 aromatic carbocycles. The molecule has 2 aliphatic heterocycles. The van der Waals surface area contributed by atoms with Gasteiger partial charge in [0.15, 0.2) is 0 Å². The van der Waals surface area contributed by atoms with E-state index in [2.05, 4.69) is 10.2 Å². The van der Waals surface area contributed by atoms with Crippen molar-refractivity contribution in [1.29, 1.82) is 0 Å². The van der Waals surface area contributed by atoms with Gasteiger partial charge in [-0.2, -0.15) is 4.31 Å². The molecule has 1 atom stereocenters. The Morgan fingerprint density at radius 1 is 1.23 bits per heavy atom. The van der Waals surface area contributed by atoms with E-state index in [0.717, 1.165) is 52.1 Å². The quantitative estimate of drug-likeness (QED) is 0.644. The highest BCUT2D eigenvalue weighted by Gasteiger charge is 2.36. The fourth-order valence-electron chi connectivity index (χ4n) is 3.01. The third kappa shape index (κ3) is 5.19. The number of nitrogens with zero attached hydrogens (tertiary/aromatic N) is 2. The van der Waals surface area contributed by atoms with Crippen LogP contribution >= 0.6 is 0 Å². The molecule has 22 heavy (non-hydrogen) atoms. The van der Waals surface area contributed by atoms with E-state index in [1.165, 1.54) is 10.6 Å². The highest BCUT2D eigenvalue weighted by Crippen LogP contribution is 2.20. The number of amides is 1. The number of carbonyl (C=O) groups is 1. The molecule has 128 valence electrons. The number of ether oxygens (including phenoxy) is 1. The number of sulfonamides is 1. The summed E-state index contributed by atoms with van der Waals surface area (Å²) in [4.78, 5) is 14.5. The maximum Gasteiger partial charge on any atom is 0.238 e. The summed E-state index contributed by atoms with van der Waals surface area (Å²) in [7, 11) is -3.29. The first-order valence-corrected chi connectivity index (χ1v) is 9.88. The van der Waals surface area contributed by atoms with Gasteiger partial charge in [-0.05, 0) is 32.2 Å². The van der Waals surface area contributed by atoms with Crippen LogP contribution in [0.2, 0.25) is 0 Å². The Bertz CT molecular complexity index is 463. The average Bonchev–Trinajstić information content (AvgIpc) is 2.97. The Hall–Kier alpha value is -0.700. The Morgan fingerprint density at radius 2 is 1.95 bits per heavy atom. The summed E-state index contributed by atoms with van der Waals surface area (Å²) in [5, 5.41) is 2.88. The van der Waals surface area contributed by atoms with Crippen molar-refractivity contribution in [1.82, 2.24) is 14.5 Å². The number of nitrogens with one attached hydrogen (secondary N) is 1. The second-order valence-corrected chi connectivity index (χ2v) is 7.92. The Balaban J connectivity index is 1.63. The maximum atomic E-state index is 12.1. The van der Waals surface area contributed by atoms with Gasteiger partial charge in [0.05, 0.1) is 19.5 Å². The van der Waals surface area contributed by atoms with Crippen LogP contribution in [0.25, 0.3) is 0 Å². The van der Waals surface area contributed by atoms with E-state index < -0.39 is 16.1 Å². The lowest BCUT2D eigenvalue weighted by Gasteiger charge is -2.26. The molecule has 1 N–H and O–H groups in total. The van der Waals surface area contributed by atoms with Crippen molar-refractivity contribution in [2.75, 3.05) is 52.2 Å². The van der Waals surface area contributed by atoms with Crippen molar-refractivity contribution >= 4 is 15.9 Å². The predicted molar refractivity (Wildman–Crippen MR) is 84.1 cm³/mol. The number of carbonyl (C=O) groups excluding carboxylic acids is 1. The van der Waals surface area contributed by atoms with Gasteiger partial charge >= 0.3 is 0 Å². The third-order valence-electron chi connectivity index (χ3n) is 4.24. The molecule has 0 spiro atoms. The summed E-state index contributed by atoms with van der Waals surface area (Å²) in [5.74, 6) is -0.158. The van der Waals surface area contributed by atoms with Gasteiger partial charge in [0.2, 0.25) is 15.9 Å². The lowest BCUT2D eigenvalue weighted by molar-refractivity contribution is -0.124. The molecule has 7 nitrogen and oxygen atoms in total. The minimum Gasteiger partial charge on any atom is -0.379 e. The lowest BCUT2D eigenvalue weighted by Crippen LogP contribution is -2.45. The molecule has 0 aromatic heterocycles. The zero-order valence-corrected chi connectivity index (χ0v) is 14.1. The third-order valence-corrected chi connectivity index (χ3v) is 5.53. The Morgan fingerprint density at radius 3 is 2.64 bits per heavy atom. The molecule has 8 heteroatoms. The average molecular weight is 333 g/mol. The fraction of sp³-hybridized carbons (Fsp3) is 0.929. The van der Waals surface area contributed by atoms with Crippen molar-refractivity contribution in [2.45, 2.75) is 31.7 Å². The maximum absolute atomic E-state index is 12.1. The SMILES string of the molecule is CS(=O)(=O)N1CCC[C@@H]1C(=O)NCCCCN1CCOCC1. The lowest BCUT2D eigenvalue weighted by atomic mass is 10.2. The van der Waals surface area contributed by atoms with Gasteiger partial charge in [-0.15, -0.1) is 0 Å². The van der Waals surface area contributed by atoms with Gasteiger partial charge in [0, 0.05) is 26.2 Å². The fourth-order valence-corrected chi connectivity index (χ4v) is 4.14. The number of unbranched alkanes of at least 4 members (excludes halogenated alkanes) is 1. The number of hydrogen-bond acceptors (Lipinski definition) is 5. The molecule has 0 radical (unpaired) electrons. The predicted octanol–water partition coefficient (Wildman–Crippen LogP) is -0.361. The van der Waals surface area contributed by atoms with Gasteiger partial charge in [-0.1, -0.05) is 0 Å². The zero-order chi connectivity index (χ0) is 16.0. The van der Waals surface area contributed by atoms with E-state index >= 15 is 0 Å². The molecule has 2 rings (SSSR count). The van der Waals surface area contributed by atoms with Crippen LogP contribution in [0, 0.1) is 0 Å². The summed E-state index contributed by atoms with van der Waals surface area (Å²) >= 11 is 0. The van der Waals surface area contributed by atoms with Crippen molar-refractivity contribution in [2.24, 2.45) is 0 Å². The molecule has 0 aromatic rings. The normalized spacial score (nSPS) is 24.5. The van der Waals surface area contributed by atoms with Crippen LogP contribution in [0.15, 0.2) is 0 Å². The van der Waals surface area contributed by atoms with Crippen molar-refractivity contribution in [3.05, 3.63) is 0 Å². The number of morpholine rings is 1. The van der Waals surface area contributed by atoms with E-state index in [9.17, 15) is 13.2 Å². The second-order valence-electron chi connectivity index (χ2n) is 5.98. The molecule has 2 heterocycles. The van der Waals surface area contributed by atoms with Crippen LogP contribution in [-0.4, -0.2) is 81.8 Å². The Kier molecular flexibility index (Phi) is 6.61. The Labute approximate surface area is 133 Å². The van der Waals surface area contributed by atoms with Gasteiger partial charge in [0.1, 0.15) is 6.04 Å². The summed E-state index contributed by atoms with van der Waals surface area (Å²) in [6, 6.07) is -0.519. The van der Waals surface area contributed by atoms with Crippen LogP contribution in [0.4, 0.5) is 0 Å². The first kappa shape index (κ1) is 17.7.